The van der Waals surface area contributed by atoms with Crippen LogP contribution in [0.2, 0.25) is 0 Å². The van der Waals surface area contributed by atoms with Crippen LogP contribution in [0, 0.1) is 6.92 Å². The number of hydrogen-bond acceptors (Lipinski definition) is 5. The molecule has 0 radical (unpaired) electrons. The Labute approximate surface area is 181 Å². The second-order valence-electron chi connectivity index (χ2n) is 7.01. The number of ether oxygens (including phenoxy) is 3. The van der Waals surface area contributed by atoms with Gasteiger partial charge in [0.2, 0.25) is 0 Å². The molecule has 0 aliphatic rings. The highest BCUT2D eigenvalue weighted by Gasteiger charge is 2.11. The molecule has 0 spiro atoms. The molecule has 5 nitrogen and oxygen atoms in total. The molecule has 0 unspecified atom stereocenters. The summed E-state index contributed by atoms with van der Waals surface area (Å²) in [5.41, 5.74) is 5.22. The van der Waals surface area contributed by atoms with Gasteiger partial charge in [-0.3, -0.25) is 0 Å². The van der Waals surface area contributed by atoms with E-state index in [4.69, 9.17) is 14.2 Å². The molecule has 0 bridgehead atoms. The van der Waals surface area contributed by atoms with Crippen LogP contribution in [0.25, 0.3) is 11.1 Å². The first kappa shape index (κ1) is 22.0. The van der Waals surface area contributed by atoms with Crippen molar-refractivity contribution in [1.29, 1.82) is 0 Å². The van der Waals surface area contributed by atoms with Gasteiger partial charge >= 0.3 is 11.9 Å². The lowest BCUT2D eigenvalue weighted by atomic mass is 10.0. The second kappa shape index (κ2) is 10.4. The van der Waals surface area contributed by atoms with Crippen LogP contribution in [0.15, 0.2) is 79.4 Å². The Morgan fingerprint density at radius 3 is 2.10 bits per heavy atom. The SMILES string of the molecule is C=CC(=O)OCc1ccc(-c2ccc(OC(=O)c3ccc(COC)cc3)c(C)c2)cc1. The number of methoxy groups -OCH3 is 1. The molecule has 0 saturated carbocycles. The number of carbonyl (C=O) groups is 2. The highest BCUT2D eigenvalue weighted by molar-refractivity contribution is 5.91. The molecule has 3 aromatic rings. The van der Waals surface area contributed by atoms with Crippen molar-refractivity contribution in [2.45, 2.75) is 20.1 Å². The molecule has 0 heterocycles. The predicted octanol–water partition coefficient (Wildman–Crippen LogP) is 5.26. The van der Waals surface area contributed by atoms with E-state index in [0.717, 1.165) is 33.9 Å². The van der Waals surface area contributed by atoms with E-state index in [0.29, 0.717) is 17.9 Å². The number of benzene rings is 3. The molecule has 31 heavy (non-hydrogen) atoms. The monoisotopic (exact) mass is 416 g/mol. The summed E-state index contributed by atoms with van der Waals surface area (Å²) in [7, 11) is 1.63. The van der Waals surface area contributed by atoms with Crippen molar-refractivity contribution in [1.82, 2.24) is 0 Å². The van der Waals surface area contributed by atoms with Gasteiger partial charge in [0.25, 0.3) is 0 Å². The molecule has 0 N–H and O–H groups in total. The molecule has 3 aromatic carbocycles. The topological polar surface area (TPSA) is 61.8 Å². The second-order valence-corrected chi connectivity index (χ2v) is 7.01. The zero-order chi connectivity index (χ0) is 22.2. The maximum atomic E-state index is 12.5. The van der Waals surface area contributed by atoms with E-state index in [2.05, 4.69) is 6.58 Å². The first-order chi connectivity index (χ1) is 15.0. The van der Waals surface area contributed by atoms with Gasteiger partial charge in [-0.25, -0.2) is 9.59 Å². The molecule has 0 aromatic heterocycles. The highest BCUT2D eigenvalue weighted by atomic mass is 16.5. The van der Waals surface area contributed by atoms with Gasteiger partial charge in [0.1, 0.15) is 12.4 Å². The molecule has 0 amide bonds. The number of carbonyl (C=O) groups excluding carboxylic acids is 2. The summed E-state index contributed by atoms with van der Waals surface area (Å²) < 4.78 is 15.7. The molecule has 3 rings (SSSR count). The smallest absolute Gasteiger partial charge is 0.343 e. The van der Waals surface area contributed by atoms with Crippen LogP contribution in [0.4, 0.5) is 0 Å². The van der Waals surface area contributed by atoms with Gasteiger partial charge in [-0.15, -0.1) is 0 Å². The Morgan fingerprint density at radius 1 is 0.871 bits per heavy atom. The number of rotatable bonds is 8. The maximum Gasteiger partial charge on any atom is 0.343 e. The fraction of sp³-hybridized carbons (Fsp3) is 0.154. The van der Waals surface area contributed by atoms with E-state index in [1.165, 1.54) is 0 Å². The Bertz CT molecular complexity index is 1070. The third-order valence-electron chi connectivity index (χ3n) is 4.71. The Kier molecular flexibility index (Phi) is 7.35. The van der Waals surface area contributed by atoms with E-state index in [-0.39, 0.29) is 6.61 Å². The zero-order valence-corrected chi connectivity index (χ0v) is 17.6. The van der Waals surface area contributed by atoms with E-state index >= 15 is 0 Å². The van der Waals surface area contributed by atoms with Gasteiger partial charge in [-0.2, -0.15) is 0 Å². The van der Waals surface area contributed by atoms with Crippen molar-refractivity contribution in [3.05, 3.63) is 102 Å². The van der Waals surface area contributed by atoms with Gasteiger partial charge in [-0.1, -0.05) is 49.0 Å². The quantitative estimate of drug-likeness (QED) is 0.285. The average molecular weight is 416 g/mol. The van der Waals surface area contributed by atoms with Gasteiger partial charge in [0, 0.05) is 13.2 Å². The summed E-state index contributed by atoms with van der Waals surface area (Å²) in [5.74, 6) is -0.336. The summed E-state index contributed by atoms with van der Waals surface area (Å²) in [6.07, 6.45) is 1.14. The standard InChI is InChI=1S/C26H24O5/c1-4-25(27)30-17-20-5-9-21(10-6-20)23-13-14-24(18(2)15-23)31-26(28)22-11-7-19(8-12-22)16-29-3/h4-15H,1,16-17H2,2-3H3. The average Bonchev–Trinajstić information content (AvgIpc) is 2.79. The largest absolute Gasteiger partial charge is 0.458 e. The summed E-state index contributed by atoms with van der Waals surface area (Å²) >= 11 is 0. The summed E-state index contributed by atoms with van der Waals surface area (Å²) in [4.78, 5) is 23.6. The number of esters is 2. The van der Waals surface area contributed by atoms with Crippen LogP contribution in [0.3, 0.4) is 0 Å². The van der Waals surface area contributed by atoms with Crippen LogP contribution in [0.1, 0.15) is 27.0 Å². The fourth-order valence-corrected chi connectivity index (χ4v) is 3.01. The maximum absolute atomic E-state index is 12.5. The van der Waals surface area contributed by atoms with Gasteiger partial charge < -0.3 is 14.2 Å². The lowest BCUT2D eigenvalue weighted by molar-refractivity contribution is -0.138. The third kappa shape index (κ3) is 5.90. The van der Waals surface area contributed by atoms with Crippen LogP contribution in [-0.2, 0) is 27.5 Å². The van der Waals surface area contributed by atoms with Crippen LogP contribution >= 0.6 is 0 Å². The fourth-order valence-electron chi connectivity index (χ4n) is 3.01. The summed E-state index contributed by atoms with van der Waals surface area (Å²) in [6.45, 7) is 5.97. The zero-order valence-electron chi connectivity index (χ0n) is 17.6. The molecule has 0 aliphatic carbocycles. The number of hydrogen-bond donors (Lipinski definition) is 0. The van der Waals surface area contributed by atoms with Gasteiger partial charge in [-0.05, 0) is 59.0 Å². The van der Waals surface area contributed by atoms with Gasteiger partial charge in [0.15, 0.2) is 0 Å². The molecule has 0 atom stereocenters. The first-order valence-corrected chi connectivity index (χ1v) is 9.79. The molecule has 0 saturated heterocycles. The predicted molar refractivity (Wildman–Crippen MR) is 119 cm³/mol. The van der Waals surface area contributed by atoms with Crippen LogP contribution in [-0.4, -0.2) is 19.0 Å². The van der Waals surface area contributed by atoms with Crippen molar-refractivity contribution in [3.8, 4) is 16.9 Å². The molecule has 5 heteroatoms. The first-order valence-electron chi connectivity index (χ1n) is 9.79. The van der Waals surface area contributed by atoms with Crippen molar-refractivity contribution < 1.29 is 23.8 Å². The molecule has 0 aliphatic heterocycles. The van der Waals surface area contributed by atoms with Crippen molar-refractivity contribution in [2.24, 2.45) is 0 Å². The lowest BCUT2D eigenvalue weighted by Crippen LogP contribution is -2.09. The van der Waals surface area contributed by atoms with Crippen LogP contribution in [0.5, 0.6) is 5.75 Å². The summed E-state index contributed by atoms with van der Waals surface area (Å²) in [6, 6.07) is 20.5. The Morgan fingerprint density at radius 2 is 1.48 bits per heavy atom. The van der Waals surface area contributed by atoms with Crippen molar-refractivity contribution >= 4 is 11.9 Å². The third-order valence-corrected chi connectivity index (χ3v) is 4.71. The minimum atomic E-state index is -0.448. The normalized spacial score (nSPS) is 10.4. The molecular weight excluding hydrogens is 392 g/mol. The Balaban J connectivity index is 1.67. The van der Waals surface area contributed by atoms with E-state index < -0.39 is 11.9 Å². The Hall–Kier alpha value is -3.70. The van der Waals surface area contributed by atoms with E-state index in [1.54, 1.807) is 25.3 Å². The minimum Gasteiger partial charge on any atom is -0.458 e. The van der Waals surface area contributed by atoms with Crippen LogP contribution < -0.4 is 4.74 Å². The molecular formula is C26H24O5. The molecule has 0 fully saturated rings. The van der Waals surface area contributed by atoms with Crippen molar-refractivity contribution in [2.75, 3.05) is 7.11 Å². The summed E-state index contributed by atoms with van der Waals surface area (Å²) in [5, 5.41) is 0. The van der Waals surface area contributed by atoms with Gasteiger partial charge in [0.05, 0.1) is 12.2 Å². The number of aryl methyl sites for hydroxylation is 1. The van der Waals surface area contributed by atoms with E-state index in [1.807, 2.05) is 55.5 Å². The van der Waals surface area contributed by atoms with E-state index in [9.17, 15) is 9.59 Å². The highest BCUT2D eigenvalue weighted by Crippen LogP contribution is 2.27. The lowest BCUT2D eigenvalue weighted by Gasteiger charge is -2.11. The van der Waals surface area contributed by atoms with Crippen molar-refractivity contribution in [3.63, 3.8) is 0 Å². The molecule has 158 valence electrons. The minimum absolute atomic E-state index is 0.200.